The molecule has 0 aliphatic carbocycles. The highest BCUT2D eigenvalue weighted by Gasteiger charge is 2.08. The minimum atomic E-state index is 0.357. The van der Waals surface area contributed by atoms with Gasteiger partial charge in [0.05, 0.1) is 18.2 Å². The second-order valence-corrected chi connectivity index (χ2v) is 4.12. The number of aromatic nitrogens is 5. The predicted molar refractivity (Wildman–Crippen MR) is 71.7 cm³/mol. The fraction of sp³-hybridized carbons (Fsp3) is 0.0714. The summed E-state index contributed by atoms with van der Waals surface area (Å²) in [6.45, 7) is 0. The summed E-state index contributed by atoms with van der Waals surface area (Å²) in [5.41, 5.74) is 2.36. The average molecular weight is 262 g/mol. The van der Waals surface area contributed by atoms with Crippen LogP contribution in [0.3, 0.4) is 0 Å². The van der Waals surface area contributed by atoms with E-state index >= 15 is 0 Å². The highest BCUT2D eigenvalue weighted by atomic mass is 15.6. The molecule has 0 saturated heterocycles. The Labute approximate surface area is 115 Å². The van der Waals surface area contributed by atoms with Gasteiger partial charge in [-0.05, 0) is 35.0 Å². The first-order chi connectivity index (χ1) is 9.86. The molecule has 0 fully saturated rings. The number of nitrogens with zero attached hydrogens (tertiary/aromatic N) is 6. The molecule has 0 amide bonds. The first kappa shape index (κ1) is 12.0. The molecular weight excluding hydrogens is 252 g/mol. The number of pyridine rings is 1. The van der Waals surface area contributed by atoms with Crippen molar-refractivity contribution < 1.29 is 0 Å². The molecule has 2 heterocycles. The van der Waals surface area contributed by atoms with Crippen LogP contribution in [0.2, 0.25) is 0 Å². The van der Waals surface area contributed by atoms with Gasteiger partial charge in [0.2, 0.25) is 5.82 Å². The molecule has 0 aliphatic heterocycles. The largest absolute Gasteiger partial charge is 0.253 e. The van der Waals surface area contributed by atoms with Gasteiger partial charge in [-0.2, -0.15) is 5.26 Å². The molecule has 0 bridgehead atoms. The number of benzene rings is 1. The third-order valence-electron chi connectivity index (χ3n) is 2.73. The van der Waals surface area contributed by atoms with E-state index in [-0.39, 0.29) is 0 Å². The van der Waals surface area contributed by atoms with Gasteiger partial charge in [-0.1, -0.05) is 18.2 Å². The van der Waals surface area contributed by atoms with Crippen molar-refractivity contribution in [2.45, 2.75) is 6.42 Å². The summed E-state index contributed by atoms with van der Waals surface area (Å²) in [7, 11) is 0. The van der Waals surface area contributed by atoms with Gasteiger partial charge in [-0.25, -0.2) is 0 Å². The Morgan fingerprint density at radius 1 is 1.15 bits per heavy atom. The lowest BCUT2D eigenvalue weighted by molar-refractivity contribution is 0.719. The zero-order valence-electron chi connectivity index (χ0n) is 10.5. The number of hydrogen-bond acceptors (Lipinski definition) is 5. The fourth-order valence-corrected chi connectivity index (χ4v) is 1.80. The summed E-state index contributed by atoms with van der Waals surface area (Å²) in [5.74, 6) is 0.469. The molecule has 2 aromatic heterocycles. The maximum absolute atomic E-state index is 8.73. The van der Waals surface area contributed by atoms with Crippen LogP contribution < -0.4 is 0 Å². The van der Waals surface area contributed by atoms with E-state index < -0.39 is 0 Å². The molecule has 0 spiro atoms. The summed E-state index contributed by atoms with van der Waals surface area (Å²) < 4.78 is 0. The molecule has 3 rings (SSSR count). The molecule has 0 atom stereocenters. The molecule has 6 nitrogen and oxygen atoms in total. The molecule has 6 heteroatoms. The van der Waals surface area contributed by atoms with Crippen molar-refractivity contribution in [3.63, 3.8) is 0 Å². The van der Waals surface area contributed by atoms with Crippen molar-refractivity contribution >= 4 is 0 Å². The van der Waals surface area contributed by atoms with Crippen LogP contribution in [0.15, 0.2) is 48.7 Å². The smallest absolute Gasteiger partial charge is 0.223 e. The van der Waals surface area contributed by atoms with Gasteiger partial charge in [0, 0.05) is 6.20 Å². The van der Waals surface area contributed by atoms with Gasteiger partial charge in [-0.3, -0.25) is 4.98 Å². The quantitative estimate of drug-likeness (QED) is 0.718. The summed E-state index contributed by atoms with van der Waals surface area (Å²) in [6, 6.07) is 15.1. The zero-order chi connectivity index (χ0) is 13.8. The predicted octanol–water partition coefficient (Wildman–Crippen LogP) is 1.79. The number of tetrazole rings is 1. The third kappa shape index (κ3) is 2.37. The molecule has 3 aromatic rings. The van der Waals surface area contributed by atoms with Crippen molar-refractivity contribution in [2.24, 2.45) is 0 Å². The van der Waals surface area contributed by atoms with Crippen molar-refractivity contribution in [3.8, 4) is 23.3 Å². The van der Waals surface area contributed by atoms with Gasteiger partial charge in [0.25, 0.3) is 0 Å². The van der Waals surface area contributed by atoms with Crippen molar-refractivity contribution in [3.05, 3.63) is 54.2 Å². The Kier molecular flexibility index (Phi) is 3.17. The number of nitriles is 1. The second-order valence-electron chi connectivity index (χ2n) is 4.12. The SMILES string of the molecule is N#CCc1cccc(-n2nnc(-c3ccccn3)n2)c1. The van der Waals surface area contributed by atoms with Crippen LogP contribution in [0.5, 0.6) is 0 Å². The maximum Gasteiger partial charge on any atom is 0.223 e. The average Bonchev–Trinajstić information content (AvgIpc) is 2.99. The third-order valence-corrected chi connectivity index (χ3v) is 2.73. The molecule has 96 valence electrons. The Hall–Kier alpha value is -3.07. The van der Waals surface area contributed by atoms with Crippen LogP contribution in [0, 0.1) is 11.3 Å². The topological polar surface area (TPSA) is 80.3 Å². The van der Waals surface area contributed by atoms with Crippen LogP contribution in [0.4, 0.5) is 0 Å². The van der Waals surface area contributed by atoms with E-state index in [2.05, 4.69) is 26.5 Å². The monoisotopic (exact) mass is 262 g/mol. The Bertz CT molecular complexity index is 757. The second kappa shape index (κ2) is 5.28. The highest BCUT2D eigenvalue weighted by molar-refractivity contribution is 5.47. The Balaban J connectivity index is 1.94. The lowest BCUT2D eigenvalue weighted by Crippen LogP contribution is -1.99. The normalized spacial score (nSPS) is 10.2. The summed E-state index contributed by atoms with van der Waals surface area (Å²) in [5, 5.41) is 21.0. The van der Waals surface area contributed by atoms with Crippen LogP contribution in [0.25, 0.3) is 17.2 Å². The van der Waals surface area contributed by atoms with E-state index in [0.717, 1.165) is 11.3 Å². The van der Waals surface area contributed by atoms with Gasteiger partial charge < -0.3 is 0 Å². The molecule has 20 heavy (non-hydrogen) atoms. The Morgan fingerprint density at radius 2 is 2.10 bits per heavy atom. The summed E-state index contributed by atoms with van der Waals surface area (Å²) >= 11 is 0. The van der Waals surface area contributed by atoms with E-state index in [9.17, 15) is 0 Å². The molecule has 0 N–H and O–H groups in total. The van der Waals surface area contributed by atoms with E-state index in [0.29, 0.717) is 17.9 Å². The van der Waals surface area contributed by atoms with Crippen LogP contribution in [-0.4, -0.2) is 25.2 Å². The first-order valence-electron chi connectivity index (χ1n) is 6.04. The minimum absolute atomic E-state index is 0.357. The van der Waals surface area contributed by atoms with Crippen LogP contribution >= 0.6 is 0 Å². The van der Waals surface area contributed by atoms with Gasteiger partial charge in [0.1, 0.15) is 5.69 Å². The lowest BCUT2D eigenvalue weighted by atomic mass is 10.1. The summed E-state index contributed by atoms with van der Waals surface area (Å²) in [6.07, 6.45) is 2.04. The van der Waals surface area contributed by atoms with E-state index in [4.69, 9.17) is 5.26 Å². The zero-order valence-corrected chi connectivity index (χ0v) is 10.5. The Morgan fingerprint density at radius 3 is 2.90 bits per heavy atom. The molecule has 0 radical (unpaired) electrons. The van der Waals surface area contributed by atoms with Crippen molar-refractivity contribution in [1.82, 2.24) is 25.2 Å². The highest BCUT2D eigenvalue weighted by Crippen LogP contribution is 2.12. The molecule has 0 unspecified atom stereocenters. The number of hydrogen-bond donors (Lipinski definition) is 0. The van der Waals surface area contributed by atoms with Crippen molar-refractivity contribution in [1.29, 1.82) is 5.26 Å². The van der Waals surface area contributed by atoms with Crippen LogP contribution in [0.1, 0.15) is 5.56 Å². The minimum Gasteiger partial charge on any atom is -0.253 e. The van der Waals surface area contributed by atoms with Gasteiger partial charge >= 0.3 is 0 Å². The lowest BCUT2D eigenvalue weighted by Gasteiger charge is -2.00. The van der Waals surface area contributed by atoms with Gasteiger partial charge in [0.15, 0.2) is 0 Å². The molecule has 0 aliphatic rings. The number of rotatable bonds is 3. The van der Waals surface area contributed by atoms with Crippen LogP contribution in [-0.2, 0) is 6.42 Å². The van der Waals surface area contributed by atoms with E-state index in [1.807, 2.05) is 42.5 Å². The maximum atomic E-state index is 8.73. The standard InChI is InChI=1S/C14H10N6/c15-8-7-11-4-3-5-12(10-11)20-18-14(17-19-20)13-6-1-2-9-16-13/h1-6,9-10H,7H2. The summed E-state index contributed by atoms with van der Waals surface area (Å²) in [4.78, 5) is 5.62. The molecule has 1 aromatic carbocycles. The molecule has 0 saturated carbocycles. The van der Waals surface area contributed by atoms with E-state index in [1.165, 1.54) is 4.80 Å². The van der Waals surface area contributed by atoms with E-state index in [1.54, 1.807) is 6.20 Å². The molecular formula is C14H10N6. The van der Waals surface area contributed by atoms with Gasteiger partial charge in [-0.15, -0.1) is 15.0 Å². The fourth-order valence-electron chi connectivity index (χ4n) is 1.80. The first-order valence-corrected chi connectivity index (χ1v) is 6.04. The van der Waals surface area contributed by atoms with Crippen molar-refractivity contribution in [2.75, 3.05) is 0 Å².